The molecular formula is C15H18ClNO4. The number of nitrogens with zero attached hydrogens (tertiary/aromatic N) is 1. The third-order valence-corrected chi connectivity index (χ3v) is 3.95. The molecule has 1 aliphatic heterocycles. The van der Waals surface area contributed by atoms with Crippen LogP contribution in [0.25, 0.3) is 0 Å². The van der Waals surface area contributed by atoms with Gasteiger partial charge in [0.25, 0.3) is 5.91 Å². The largest absolute Gasteiger partial charge is 0.482 e. The smallest absolute Gasteiger partial charge is 0.306 e. The number of carboxylic acid groups (broad SMARTS) is 1. The van der Waals surface area contributed by atoms with E-state index in [4.69, 9.17) is 21.4 Å². The molecule has 0 bridgehead atoms. The van der Waals surface area contributed by atoms with Crippen molar-refractivity contribution in [2.45, 2.75) is 19.8 Å². The van der Waals surface area contributed by atoms with Gasteiger partial charge in [0.15, 0.2) is 6.61 Å². The fraction of sp³-hybridized carbons (Fsp3) is 0.467. The molecule has 0 aromatic heterocycles. The number of benzene rings is 1. The van der Waals surface area contributed by atoms with Gasteiger partial charge in [-0.1, -0.05) is 17.7 Å². The predicted molar refractivity (Wildman–Crippen MR) is 78.6 cm³/mol. The maximum Gasteiger partial charge on any atom is 0.306 e. The standard InChI is InChI=1S/C15H18ClNO4/c1-10-2-3-12(16)13(8-10)21-9-14(18)17-6-4-11(5-7-17)15(19)20/h2-3,8,11H,4-7,9H2,1H3,(H,19,20). The summed E-state index contributed by atoms with van der Waals surface area (Å²) in [6, 6.07) is 5.38. The van der Waals surface area contributed by atoms with Crippen LogP contribution >= 0.6 is 11.6 Å². The fourth-order valence-corrected chi connectivity index (χ4v) is 2.50. The van der Waals surface area contributed by atoms with Gasteiger partial charge in [-0.3, -0.25) is 9.59 Å². The molecule has 1 fully saturated rings. The van der Waals surface area contributed by atoms with E-state index in [-0.39, 0.29) is 18.4 Å². The van der Waals surface area contributed by atoms with E-state index in [1.54, 1.807) is 17.0 Å². The molecule has 6 heteroatoms. The second-order valence-electron chi connectivity index (χ2n) is 5.22. The number of halogens is 1. The van der Waals surface area contributed by atoms with Gasteiger partial charge in [0.05, 0.1) is 10.9 Å². The van der Waals surface area contributed by atoms with E-state index in [2.05, 4.69) is 0 Å². The Morgan fingerprint density at radius 3 is 2.67 bits per heavy atom. The van der Waals surface area contributed by atoms with Gasteiger partial charge in [-0.15, -0.1) is 0 Å². The van der Waals surface area contributed by atoms with Crippen LogP contribution in [0.2, 0.25) is 5.02 Å². The molecule has 0 spiro atoms. The Balaban J connectivity index is 1.85. The van der Waals surface area contributed by atoms with E-state index in [1.165, 1.54) is 0 Å². The summed E-state index contributed by atoms with van der Waals surface area (Å²) in [6.45, 7) is 2.75. The molecule has 0 saturated carbocycles. The number of carbonyl (C=O) groups is 2. The van der Waals surface area contributed by atoms with E-state index in [0.717, 1.165) is 5.56 Å². The molecule has 1 aromatic rings. The molecule has 1 aliphatic rings. The van der Waals surface area contributed by atoms with Crippen molar-refractivity contribution in [1.29, 1.82) is 0 Å². The lowest BCUT2D eigenvalue weighted by atomic mass is 9.97. The number of ether oxygens (including phenoxy) is 1. The molecule has 1 heterocycles. The highest BCUT2D eigenvalue weighted by molar-refractivity contribution is 6.32. The quantitative estimate of drug-likeness (QED) is 0.927. The van der Waals surface area contributed by atoms with E-state index in [0.29, 0.717) is 36.7 Å². The van der Waals surface area contributed by atoms with Crippen molar-refractivity contribution >= 4 is 23.5 Å². The lowest BCUT2D eigenvalue weighted by Crippen LogP contribution is -2.42. The van der Waals surface area contributed by atoms with Gasteiger partial charge >= 0.3 is 5.97 Å². The van der Waals surface area contributed by atoms with Crippen LogP contribution < -0.4 is 4.74 Å². The Labute approximate surface area is 128 Å². The minimum Gasteiger partial charge on any atom is -0.482 e. The van der Waals surface area contributed by atoms with Crippen LogP contribution in [0.5, 0.6) is 5.75 Å². The Bertz CT molecular complexity index is 538. The molecule has 21 heavy (non-hydrogen) atoms. The lowest BCUT2D eigenvalue weighted by Gasteiger charge is -2.30. The summed E-state index contributed by atoms with van der Waals surface area (Å²) >= 11 is 6.00. The average Bonchev–Trinajstić information content (AvgIpc) is 2.48. The summed E-state index contributed by atoms with van der Waals surface area (Å²) in [5.74, 6) is -0.784. The number of hydrogen-bond acceptors (Lipinski definition) is 3. The van der Waals surface area contributed by atoms with Crippen LogP contribution in [-0.2, 0) is 9.59 Å². The molecule has 1 saturated heterocycles. The monoisotopic (exact) mass is 311 g/mol. The molecule has 0 aliphatic carbocycles. The first-order valence-electron chi connectivity index (χ1n) is 6.87. The van der Waals surface area contributed by atoms with Gasteiger partial charge in [-0.05, 0) is 37.5 Å². The zero-order chi connectivity index (χ0) is 15.4. The number of carboxylic acids is 1. The predicted octanol–water partition coefficient (Wildman–Crippen LogP) is 2.35. The molecule has 1 amide bonds. The molecule has 1 aromatic carbocycles. The molecule has 0 radical (unpaired) electrons. The highest BCUT2D eigenvalue weighted by Gasteiger charge is 2.27. The SMILES string of the molecule is Cc1ccc(Cl)c(OCC(=O)N2CCC(C(=O)O)CC2)c1. The Morgan fingerprint density at radius 2 is 2.05 bits per heavy atom. The van der Waals surface area contributed by atoms with Crippen LogP contribution in [0.15, 0.2) is 18.2 Å². The Morgan fingerprint density at radius 1 is 1.38 bits per heavy atom. The summed E-state index contributed by atoms with van der Waals surface area (Å²) in [6.07, 6.45) is 0.985. The van der Waals surface area contributed by atoms with Gasteiger partial charge < -0.3 is 14.7 Å². The van der Waals surface area contributed by atoms with Crippen molar-refractivity contribution in [2.24, 2.45) is 5.92 Å². The molecule has 0 atom stereocenters. The topological polar surface area (TPSA) is 66.8 Å². The molecular weight excluding hydrogens is 294 g/mol. The minimum atomic E-state index is -0.787. The lowest BCUT2D eigenvalue weighted by molar-refractivity contribution is -0.146. The van der Waals surface area contributed by atoms with Gasteiger partial charge in [0.1, 0.15) is 5.75 Å². The van der Waals surface area contributed by atoms with Gasteiger partial charge in [-0.2, -0.15) is 0 Å². The second-order valence-corrected chi connectivity index (χ2v) is 5.62. The highest BCUT2D eigenvalue weighted by atomic mass is 35.5. The average molecular weight is 312 g/mol. The van der Waals surface area contributed by atoms with Crippen LogP contribution in [0.4, 0.5) is 0 Å². The summed E-state index contributed by atoms with van der Waals surface area (Å²) in [4.78, 5) is 24.6. The zero-order valence-corrected chi connectivity index (χ0v) is 12.6. The Kier molecular flexibility index (Phi) is 5.07. The number of hydrogen-bond donors (Lipinski definition) is 1. The second kappa shape index (κ2) is 6.80. The third kappa shape index (κ3) is 4.11. The highest BCUT2D eigenvalue weighted by Crippen LogP contribution is 2.25. The number of aliphatic carboxylic acids is 1. The summed E-state index contributed by atoms with van der Waals surface area (Å²) < 4.78 is 5.47. The zero-order valence-electron chi connectivity index (χ0n) is 11.8. The molecule has 2 rings (SSSR count). The number of carbonyl (C=O) groups excluding carboxylic acids is 1. The van der Waals surface area contributed by atoms with Crippen molar-refractivity contribution in [2.75, 3.05) is 19.7 Å². The van der Waals surface area contributed by atoms with Crippen molar-refractivity contribution in [3.8, 4) is 5.75 Å². The third-order valence-electron chi connectivity index (χ3n) is 3.63. The van der Waals surface area contributed by atoms with Crippen LogP contribution in [0.3, 0.4) is 0 Å². The van der Waals surface area contributed by atoms with Gasteiger partial charge in [0, 0.05) is 13.1 Å². The first-order valence-corrected chi connectivity index (χ1v) is 7.24. The summed E-state index contributed by atoms with van der Waals surface area (Å²) in [5, 5.41) is 9.40. The first-order chi connectivity index (χ1) is 9.97. The molecule has 1 N–H and O–H groups in total. The van der Waals surface area contributed by atoms with Crippen LogP contribution in [-0.4, -0.2) is 41.6 Å². The van der Waals surface area contributed by atoms with Crippen LogP contribution in [0.1, 0.15) is 18.4 Å². The van der Waals surface area contributed by atoms with Crippen molar-refractivity contribution < 1.29 is 19.4 Å². The Hall–Kier alpha value is -1.75. The van der Waals surface area contributed by atoms with Gasteiger partial charge in [-0.25, -0.2) is 0 Å². The van der Waals surface area contributed by atoms with Crippen molar-refractivity contribution in [1.82, 2.24) is 4.90 Å². The normalized spacial score (nSPS) is 15.8. The number of rotatable bonds is 4. The number of piperidine rings is 1. The van der Waals surface area contributed by atoms with E-state index in [9.17, 15) is 9.59 Å². The number of likely N-dealkylation sites (tertiary alicyclic amines) is 1. The molecule has 5 nitrogen and oxygen atoms in total. The first kappa shape index (κ1) is 15.6. The van der Waals surface area contributed by atoms with E-state index < -0.39 is 5.97 Å². The van der Waals surface area contributed by atoms with Crippen LogP contribution in [0, 0.1) is 12.8 Å². The fourth-order valence-electron chi connectivity index (χ4n) is 2.33. The van der Waals surface area contributed by atoms with E-state index in [1.807, 2.05) is 13.0 Å². The summed E-state index contributed by atoms with van der Waals surface area (Å²) in [7, 11) is 0. The van der Waals surface area contributed by atoms with Gasteiger partial charge in [0.2, 0.25) is 0 Å². The van der Waals surface area contributed by atoms with Crippen molar-refractivity contribution in [3.63, 3.8) is 0 Å². The van der Waals surface area contributed by atoms with Crippen molar-refractivity contribution in [3.05, 3.63) is 28.8 Å². The molecule has 114 valence electrons. The minimum absolute atomic E-state index is 0.0824. The maximum absolute atomic E-state index is 12.1. The summed E-state index contributed by atoms with van der Waals surface area (Å²) in [5.41, 5.74) is 1.00. The number of aryl methyl sites for hydroxylation is 1. The molecule has 0 unspecified atom stereocenters. The number of amides is 1. The van der Waals surface area contributed by atoms with E-state index >= 15 is 0 Å². The maximum atomic E-state index is 12.1.